The van der Waals surface area contributed by atoms with Gasteiger partial charge >= 0.3 is 0 Å². The summed E-state index contributed by atoms with van der Waals surface area (Å²) in [5.74, 6) is 0.601. The molecule has 0 aliphatic heterocycles. The molecule has 8 heteroatoms. The van der Waals surface area contributed by atoms with Crippen molar-refractivity contribution in [2.45, 2.75) is 36.8 Å². The Morgan fingerprint density at radius 3 is 3.00 bits per heavy atom. The molecule has 122 valence electrons. The number of aromatic amines is 1. The van der Waals surface area contributed by atoms with Crippen LogP contribution in [0.2, 0.25) is 5.02 Å². The van der Waals surface area contributed by atoms with Crippen LogP contribution in [0.15, 0.2) is 23.4 Å². The summed E-state index contributed by atoms with van der Waals surface area (Å²) in [5.41, 5.74) is 0.0738. The highest BCUT2D eigenvalue weighted by Gasteiger charge is 2.21. The lowest BCUT2D eigenvalue weighted by atomic mass is 10.1. The SMILES string of the molecule is O=C(CSc1n[nH]c(C2CCCC2)n1)Nc1cc(Cl)ccc1F. The molecule has 1 aromatic heterocycles. The van der Waals surface area contributed by atoms with Gasteiger partial charge in [0.15, 0.2) is 0 Å². The van der Waals surface area contributed by atoms with Gasteiger partial charge in [0.25, 0.3) is 0 Å². The van der Waals surface area contributed by atoms with Crippen LogP contribution in [0.4, 0.5) is 10.1 Å². The van der Waals surface area contributed by atoms with E-state index in [2.05, 4.69) is 20.5 Å². The standard InChI is InChI=1S/C15H16ClFN4OS/c16-10-5-6-11(17)12(7-10)18-13(22)8-23-15-19-14(20-21-15)9-3-1-2-4-9/h5-7,9H,1-4,8H2,(H,18,22)(H,19,20,21). The Hall–Kier alpha value is -1.60. The second-order valence-corrected chi connectivity index (χ2v) is 6.82. The number of hydrogen-bond acceptors (Lipinski definition) is 4. The van der Waals surface area contributed by atoms with Gasteiger partial charge in [-0.15, -0.1) is 5.10 Å². The van der Waals surface area contributed by atoms with Gasteiger partial charge in [-0.05, 0) is 31.0 Å². The monoisotopic (exact) mass is 354 g/mol. The minimum Gasteiger partial charge on any atom is -0.323 e. The molecule has 1 aromatic carbocycles. The quantitative estimate of drug-likeness (QED) is 0.796. The summed E-state index contributed by atoms with van der Waals surface area (Å²) in [4.78, 5) is 16.3. The third-order valence-electron chi connectivity index (χ3n) is 3.76. The van der Waals surface area contributed by atoms with Gasteiger partial charge in [-0.25, -0.2) is 9.37 Å². The van der Waals surface area contributed by atoms with Crippen LogP contribution in [0.25, 0.3) is 0 Å². The number of carbonyl (C=O) groups is 1. The van der Waals surface area contributed by atoms with Crippen LogP contribution >= 0.6 is 23.4 Å². The van der Waals surface area contributed by atoms with Crippen LogP contribution in [0.5, 0.6) is 0 Å². The summed E-state index contributed by atoms with van der Waals surface area (Å²) in [5, 5.41) is 10.5. The Bertz CT molecular complexity index is 703. The number of carbonyl (C=O) groups excluding carboxylic acids is 1. The number of benzene rings is 1. The predicted molar refractivity (Wildman–Crippen MR) is 88.4 cm³/mol. The van der Waals surface area contributed by atoms with Gasteiger partial charge in [-0.2, -0.15) is 0 Å². The molecule has 1 amide bonds. The Kier molecular flexibility index (Phi) is 5.17. The first-order chi connectivity index (χ1) is 11.1. The zero-order valence-corrected chi connectivity index (χ0v) is 13.9. The zero-order valence-electron chi connectivity index (χ0n) is 12.3. The smallest absolute Gasteiger partial charge is 0.234 e. The molecule has 1 heterocycles. The topological polar surface area (TPSA) is 70.7 Å². The molecule has 3 rings (SSSR count). The fourth-order valence-electron chi connectivity index (χ4n) is 2.61. The number of anilines is 1. The Morgan fingerprint density at radius 1 is 1.43 bits per heavy atom. The second-order valence-electron chi connectivity index (χ2n) is 5.45. The molecule has 0 atom stereocenters. The molecule has 0 radical (unpaired) electrons. The highest BCUT2D eigenvalue weighted by Crippen LogP contribution is 2.32. The van der Waals surface area contributed by atoms with Crippen molar-refractivity contribution in [3.63, 3.8) is 0 Å². The lowest BCUT2D eigenvalue weighted by Crippen LogP contribution is -2.15. The summed E-state index contributed by atoms with van der Waals surface area (Å²) < 4.78 is 13.6. The minimum atomic E-state index is -0.519. The largest absolute Gasteiger partial charge is 0.323 e. The van der Waals surface area contributed by atoms with Gasteiger partial charge in [-0.3, -0.25) is 9.89 Å². The van der Waals surface area contributed by atoms with E-state index in [0.717, 1.165) is 18.7 Å². The number of H-pyrrole nitrogens is 1. The number of aromatic nitrogens is 3. The van der Waals surface area contributed by atoms with Gasteiger partial charge in [0.05, 0.1) is 11.4 Å². The van der Waals surface area contributed by atoms with Crippen molar-refractivity contribution in [3.05, 3.63) is 34.9 Å². The predicted octanol–water partition coefficient (Wildman–Crippen LogP) is 3.99. The Morgan fingerprint density at radius 2 is 2.22 bits per heavy atom. The number of nitrogens with zero attached hydrogens (tertiary/aromatic N) is 2. The Labute approximate surface area is 142 Å². The normalized spacial score (nSPS) is 15.0. The summed E-state index contributed by atoms with van der Waals surface area (Å²) >= 11 is 7.01. The highest BCUT2D eigenvalue weighted by molar-refractivity contribution is 7.99. The van der Waals surface area contributed by atoms with E-state index >= 15 is 0 Å². The number of amides is 1. The number of hydrogen-bond donors (Lipinski definition) is 2. The molecule has 5 nitrogen and oxygen atoms in total. The van der Waals surface area contributed by atoms with Crippen molar-refractivity contribution in [2.75, 3.05) is 11.1 Å². The van der Waals surface area contributed by atoms with Crippen molar-refractivity contribution in [1.82, 2.24) is 15.2 Å². The maximum absolute atomic E-state index is 13.6. The van der Waals surface area contributed by atoms with Crippen molar-refractivity contribution in [3.8, 4) is 0 Å². The molecular weight excluding hydrogens is 339 g/mol. The van der Waals surface area contributed by atoms with Gasteiger partial charge in [-0.1, -0.05) is 36.2 Å². The highest BCUT2D eigenvalue weighted by atomic mass is 35.5. The number of rotatable bonds is 5. The van der Waals surface area contributed by atoms with E-state index in [1.807, 2.05) is 0 Å². The summed E-state index contributed by atoms with van der Waals surface area (Å²) in [6.07, 6.45) is 4.71. The molecular formula is C15H16ClFN4OS. The molecule has 1 aliphatic rings. The number of halogens is 2. The van der Waals surface area contributed by atoms with E-state index in [1.165, 1.54) is 42.8 Å². The first kappa shape index (κ1) is 16.3. The van der Waals surface area contributed by atoms with Gasteiger partial charge < -0.3 is 5.32 Å². The van der Waals surface area contributed by atoms with Gasteiger partial charge in [0.1, 0.15) is 11.6 Å². The van der Waals surface area contributed by atoms with E-state index in [-0.39, 0.29) is 17.3 Å². The lowest BCUT2D eigenvalue weighted by molar-refractivity contribution is -0.113. The molecule has 0 saturated heterocycles. The fraction of sp³-hybridized carbons (Fsp3) is 0.400. The summed E-state index contributed by atoms with van der Waals surface area (Å²) in [7, 11) is 0. The summed E-state index contributed by atoms with van der Waals surface area (Å²) in [6, 6.07) is 4.03. The fourth-order valence-corrected chi connectivity index (χ4v) is 3.39. The van der Waals surface area contributed by atoms with Crippen molar-refractivity contribution >= 4 is 35.0 Å². The van der Waals surface area contributed by atoms with Crippen molar-refractivity contribution < 1.29 is 9.18 Å². The van der Waals surface area contributed by atoms with Crippen LogP contribution in [0.1, 0.15) is 37.4 Å². The van der Waals surface area contributed by atoms with Crippen LogP contribution in [0.3, 0.4) is 0 Å². The van der Waals surface area contributed by atoms with E-state index < -0.39 is 5.82 Å². The van der Waals surface area contributed by atoms with Crippen LogP contribution < -0.4 is 5.32 Å². The molecule has 1 fully saturated rings. The number of nitrogens with one attached hydrogen (secondary N) is 2. The van der Waals surface area contributed by atoms with Crippen LogP contribution in [-0.2, 0) is 4.79 Å². The average Bonchev–Trinajstić information content (AvgIpc) is 3.19. The van der Waals surface area contributed by atoms with Gasteiger partial charge in [0, 0.05) is 10.9 Å². The van der Waals surface area contributed by atoms with Crippen molar-refractivity contribution in [1.29, 1.82) is 0 Å². The number of thioether (sulfide) groups is 1. The maximum atomic E-state index is 13.6. The average molecular weight is 355 g/mol. The van der Waals surface area contributed by atoms with Crippen molar-refractivity contribution in [2.24, 2.45) is 0 Å². The maximum Gasteiger partial charge on any atom is 0.234 e. The molecule has 1 saturated carbocycles. The second kappa shape index (κ2) is 7.31. The molecule has 1 aliphatic carbocycles. The lowest BCUT2D eigenvalue weighted by Gasteiger charge is -2.05. The molecule has 2 aromatic rings. The molecule has 2 N–H and O–H groups in total. The minimum absolute atomic E-state index is 0.0738. The Balaban J connectivity index is 1.53. The zero-order chi connectivity index (χ0) is 16.2. The van der Waals surface area contributed by atoms with Crippen LogP contribution in [0, 0.1) is 5.82 Å². The van der Waals surface area contributed by atoms with E-state index in [4.69, 9.17) is 11.6 Å². The third kappa shape index (κ3) is 4.23. The molecule has 0 unspecified atom stereocenters. The van der Waals surface area contributed by atoms with E-state index in [1.54, 1.807) is 0 Å². The van der Waals surface area contributed by atoms with Crippen LogP contribution in [-0.4, -0.2) is 26.8 Å². The first-order valence-electron chi connectivity index (χ1n) is 7.42. The third-order valence-corrected chi connectivity index (χ3v) is 4.84. The van der Waals surface area contributed by atoms with E-state index in [0.29, 0.717) is 16.1 Å². The summed E-state index contributed by atoms with van der Waals surface area (Å²) in [6.45, 7) is 0. The van der Waals surface area contributed by atoms with E-state index in [9.17, 15) is 9.18 Å². The van der Waals surface area contributed by atoms with Gasteiger partial charge in [0.2, 0.25) is 11.1 Å². The molecule has 0 bridgehead atoms. The first-order valence-corrected chi connectivity index (χ1v) is 8.78. The molecule has 23 heavy (non-hydrogen) atoms. The molecule has 0 spiro atoms.